The lowest BCUT2D eigenvalue weighted by Crippen LogP contribution is -2.49. The van der Waals surface area contributed by atoms with Gasteiger partial charge in [0.15, 0.2) is 5.65 Å². The van der Waals surface area contributed by atoms with E-state index < -0.39 is 11.7 Å². The zero-order valence-corrected chi connectivity index (χ0v) is 18.8. The first-order valence-corrected chi connectivity index (χ1v) is 11.4. The van der Waals surface area contributed by atoms with Crippen molar-refractivity contribution >= 4 is 16.9 Å². The van der Waals surface area contributed by atoms with Crippen LogP contribution in [-0.4, -0.2) is 56.7 Å². The van der Waals surface area contributed by atoms with Crippen LogP contribution >= 0.6 is 0 Å². The number of rotatable bonds is 5. The highest BCUT2D eigenvalue weighted by atomic mass is 19.4. The van der Waals surface area contributed by atoms with Crippen LogP contribution in [0.4, 0.5) is 17.6 Å². The van der Waals surface area contributed by atoms with Crippen molar-refractivity contribution in [2.24, 2.45) is 0 Å². The van der Waals surface area contributed by atoms with Crippen LogP contribution < -0.4 is 0 Å². The number of aromatic nitrogens is 3. The average molecular weight is 475 g/mol. The highest BCUT2D eigenvalue weighted by Crippen LogP contribution is 2.43. The van der Waals surface area contributed by atoms with Gasteiger partial charge in [0.05, 0.1) is 16.6 Å². The van der Waals surface area contributed by atoms with Crippen molar-refractivity contribution in [2.75, 3.05) is 26.2 Å². The Labute approximate surface area is 194 Å². The summed E-state index contributed by atoms with van der Waals surface area (Å²) in [7, 11) is 0. The van der Waals surface area contributed by atoms with E-state index in [2.05, 4.69) is 15.0 Å². The molecule has 5 rings (SSSR count). The minimum Gasteiger partial charge on any atom is -0.339 e. The van der Waals surface area contributed by atoms with Crippen LogP contribution in [0.25, 0.3) is 11.0 Å². The van der Waals surface area contributed by atoms with E-state index in [0.717, 1.165) is 18.9 Å². The fourth-order valence-electron chi connectivity index (χ4n) is 4.55. The van der Waals surface area contributed by atoms with Gasteiger partial charge in [-0.2, -0.15) is 18.3 Å². The Morgan fingerprint density at radius 1 is 1.12 bits per heavy atom. The first-order valence-electron chi connectivity index (χ1n) is 11.4. The second kappa shape index (κ2) is 8.65. The van der Waals surface area contributed by atoms with Crippen LogP contribution in [0.3, 0.4) is 0 Å². The molecule has 0 unspecified atom stereocenters. The van der Waals surface area contributed by atoms with Crippen LogP contribution in [0.15, 0.2) is 30.3 Å². The number of amides is 1. The van der Waals surface area contributed by atoms with Gasteiger partial charge in [0.1, 0.15) is 12.4 Å². The van der Waals surface area contributed by atoms with Gasteiger partial charge in [-0.1, -0.05) is 18.2 Å². The molecule has 34 heavy (non-hydrogen) atoms. The van der Waals surface area contributed by atoms with Gasteiger partial charge >= 0.3 is 6.18 Å². The molecular weight excluding hydrogens is 450 g/mol. The lowest BCUT2D eigenvalue weighted by Gasteiger charge is -2.34. The number of carbonyl (C=O) groups is 1. The van der Waals surface area contributed by atoms with Crippen molar-refractivity contribution in [3.63, 3.8) is 0 Å². The number of piperazine rings is 1. The first-order chi connectivity index (χ1) is 16.2. The fourth-order valence-corrected chi connectivity index (χ4v) is 4.55. The van der Waals surface area contributed by atoms with Gasteiger partial charge in [-0.15, -0.1) is 0 Å². The monoisotopic (exact) mass is 475 g/mol. The molecule has 0 atom stereocenters. The first kappa shape index (κ1) is 22.8. The number of halogens is 4. The summed E-state index contributed by atoms with van der Waals surface area (Å²) >= 11 is 0. The van der Waals surface area contributed by atoms with Crippen LogP contribution in [0, 0.1) is 12.7 Å². The van der Waals surface area contributed by atoms with E-state index in [0.29, 0.717) is 44.0 Å². The van der Waals surface area contributed by atoms with Crippen molar-refractivity contribution in [1.29, 1.82) is 0 Å². The Kier molecular flexibility index (Phi) is 5.79. The summed E-state index contributed by atoms with van der Waals surface area (Å²) in [5.74, 6) is -0.437. The normalized spacial score (nSPS) is 17.5. The van der Waals surface area contributed by atoms with Crippen LogP contribution in [0.2, 0.25) is 0 Å². The standard InChI is InChI=1S/C24H25F4N5O/c1-15-22-18(24(26,27)28)12-20(16-6-7-16)29-23(22)33(30-15)14-21(34)32-10-8-31(9-11-32)13-17-4-2-3-5-19(17)25/h2-5,12,16H,6-11,13-14H2,1H3. The number of aryl methyl sites for hydroxylation is 1. The summed E-state index contributed by atoms with van der Waals surface area (Å²) in [6, 6.07) is 7.75. The van der Waals surface area contributed by atoms with E-state index in [-0.39, 0.29) is 40.9 Å². The van der Waals surface area contributed by atoms with Crippen molar-refractivity contribution < 1.29 is 22.4 Å². The SMILES string of the molecule is Cc1nn(CC(=O)N2CCN(Cc3ccccc3F)CC2)c2nc(C3CC3)cc(C(F)(F)F)c12. The highest BCUT2D eigenvalue weighted by molar-refractivity contribution is 5.85. The third kappa shape index (κ3) is 4.51. The van der Waals surface area contributed by atoms with Gasteiger partial charge in [0, 0.05) is 49.9 Å². The van der Waals surface area contributed by atoms with Gasteiger partial charge in [0.25, 0.3) is 0 Å². The molecule has 6 nitrogen and oxygen atoms in total. The Balaban J connectivity index is 1.31. The summed E-state index contributed by atoms with van der Waals surface area (Å²) < 4.78 is 56.6. The average Bonchev–Trinajstić information content (AvgIpc) is 3.60. The Morgan fingerprint density at radius 2 is 1.82 bits per heavy atom. The quantitative estimate of drug-likeness (QED) is 0.521. The Hall–Kier alpha value is -3.01. The number of hydrogen-bond donors (Lipinski definition) is 0. The molecule has 1 amide bonds. The maximum Gasteiger partial charge on any atom is 0.417 e. The predicted molar refractivity (Wildman–Crippen MR) is 117 cm³/mol. The molecule has 2 aromatic heterocycles. The Morgan fingerprint density at radius 3 is 2.47 bits per heavy atom. The molecule has 1 saturated heterocycles. The summed E-state index contributed by atoms with van der Waals surface area (Å²) in [6.45, 7) is 3.89. The molecule has 0 bridgehead atoms. The highest BCUT2D eigenvalue weighted by Gasteiger charge is 2.38. The summed E-state index contributed by atoms with van der Waals surface area (Å²) in [4.78, 5) is 21.2. The third-order valence-corrected chi connectivity index (χ3v) is 6.56. The minimum atomic E-state index is -4.53. The number of nitrogens with zero attached hydrogens (tertiary/aromatic N) is 5. The maximum absolute atomic E-state index is 13.9. The van der Waals surface area contributed by atoms with Gasteiger partial charge in [-0.25, -0.2) is 14.1 Å². The smallest absolute Gasteiger partial charge is 0.339 e. The topological polar surface area (TPSA) is 54.3 Å². The van der Waals surface area contributed by atoms with E-state index in [4.69, 9.17) is 0 Å². The number of pyridine rings is 1. The van der Waals surface area contributed by atoms with E-state index in [1.807, 2.05) is 0 Å². The summed E-state index contributed by atoms with van der Waals surface area (Å²) in [6.07, 6.45) is -2.89. The molecule has 1 aliphatic heterocycles. The number of alkyl halides is 3. The number of benzene rings is 1. The molecule has 10 heteroatoms. The third-order valence-electron chi connectivity index (χ3n) is 6.56. The maximum atomic E-state index is 13.9. The van der Waals surface area contributed by atoms with Crippen molar-refractivity contribution in [3.05, 3.63) is 58.7 Å². The lowest BCUT2D eigenvalue weighted by atomic mass is 10.1. The zero-order chi connectivity index (χ0) is 24.0. The zero-order valence-electron chi connectivity index (χ0n) is 18.8. The second-order valence-electron chi connectivity index (χ2n) is 9.06. The lowest BCUT2D eigenvalue weighted by molar-refractivity contribution is -0.136. The van der Waals surface area contributed by atoms with Gasteiger partial charge < -0.3 is 4.90 Å². The molecule has 1 aliphatic carbocycles. The van der Waals surface area contributed by atoms with Gasteiger partial charge in [-0.05, 0) is 31.9 Å². The van der Waals surface area contributed by atoms with E-state index >= 15 is 0 Å². The van der Waals surface area contributed by atoms with E-state index in [9.17, 15) is 22.4 Å². The van der Waals surface area contributed by atoms with Crippen LogP contribution in [0.1, 0.15) is 41.3 Å². The van der Waals surface area contributed by atoms with Crippen molar-refractivity contribution in [2.45, 2.75) is 44.9 Å². The minimum absolute atomic E-state index is 0.0346. The molecule has 2 fully saturated rings. The van der Waals surface area contributed by atoms with Crippen molar-refractivity contribution in [3.8, 4) is 0 Å². The molecular formula is C24H25F4N5O. The number of carbonyl (C=O) groups excluding carboxylic acids is 1. The van der Waals surface area contributed by atoms with Crippen LogP contribution in [0.5, 0.6) is 0 Å². The largest absolute Gasteiger partial charge is 0.417 e. The van der Waals surface area contributed by atoms with E-state index in [1.165, 1.54) is 17.7 Å². The van der Waals surface area contributed by atoms with E-state index in [1.54, 1.807) is 23.1 Å². The van der Waals surface area contributed by atoms with Crippen molar-refractivity contribution in [1.82, 2.24) is 24.6 Å². The van der Waals surface area contributed by atoms with Gasteiger partial charge in [-0.3, -0.25) is 9.69 Å². The molecule has 0 spiro atoms. The molecule has 1 aromatic carbocycles. The molecule has 0 N–H and O–H groups in total. The molecule has 0 radical (unpaired) electrons. The summed E-state index contributed by atoms with van der Waals surface area (Å²) in [5, 5.41) is 4.21. The number of hydrogen-bond acceptors (Lipinski definition) is 4. The molecule has 180 valence electrons. The van der Waals surface area contributed by atoms with Crippen LogP contribution in [-0.2, 0) is 24.1 Å². The predicted octanol–water partition coefficient (Wildman–Crippen LogP) is 4.12. The number of fused-ring (bicyclic) bond motifs is 1. The molecule has 1 saturated carbocycles. The Bertz CT molecular complexity index is 1230. The molecule has 3 heterocycles. The fraction of sp³-hybridized carbons (Fsp3) is 0.458. The molecule has 2 aliphatic rings. The second-order valence-corrected chi connectivity index (χ2v) is 9.06. The van der Waals surface area contributed by atoms with Gasteiger partial charge in [0.2, 0.25) is 5.91 Å². The molecule has 3 aromatic rings. The summed E-state index contributed by atoms with van der Waals surface area (Å²) in [5.41, 5.74) is 0.603.